The molecule has 0 unspecified atom stereocenters. The summed E-state index contributed by atoms with van der Waals surface area (Å²) in [6.45, 7) is 4.05. The lowest BCUT2D eigenvalue weighted by molar-refractivity contribution is -0.143. The first-order chi connectivity index (χ1) is 5.17. The van der Waals surface area contributed by atoms with Gasteiger partial charge in [-0.1, -0.05) is 26.7 Å². The van der Waals surface area contributed by atoms with Crippen molar-refractivity contribution in [2.24, 2.45) is 11.7 Å². The number of hydrogen-bond donors (Lipinski definition) is 1. The maximum absolute atomic E-state index is 10.9. The molecule has 0 spiro atoms. The van der Waals surface area contributed by atoms with Gasteiger partial charge in [0.2, 0.25) is 0 Å². The molecule has 0 saturated heterocycles. The molecule has 0 aliphatic heterocycles. The van der Waals surface area contributed by atoms with Crippen LogP contribution in [-0.4, -0.2) is 19.1 Å². The van der Waals surface area contributed by atoms with Crippen molar-refractivity contribution in [2.45, 2.75) is 32.7 Å². The van der Waals surface area contributed by atoms with Gasteiger partial charge in [0, 0.05) is 0 Å². The molecule has 2 N–H and O–H groups in total. The van der Waals surface area contributed by atoms with Crippen molar-refractivity contribution in [3.8, 4) is 0 Å². The van der Waals surface area contributed by atoms with Crippen LogP contribution in [-0.2, 0) is 9.53 Å². The van der Waals surface area contributed by atoms with E-state index in [2.05, 4.69) is 4.74 Å². The molecule has 0 amide bonds. The molecule has 0 aliphatic carbocycles. The molecule has 0 fully saturated rings. The zero-order valence-electron chi connectivity index (χ0n) is 7.87. The van der Waals surface area contributed by atoms with Gasteiger partial charge in [0.05, 0.1) is 7.11 Å². The monoisotopic (exact) mass is 195 g/mol. The molecule has 0 aromatic carbocycles. The number of hydrogen-bond acceptors (Lipinski definition) is 3. The summed E-state index contributed by atoms with van der Waals surface area (Å²) in [5, 5.41) is 0. The highest BCUT2D eigenvalue weighted by molar-refractivity contribution is 5.85. The van der Waals surface area contributed by atoms with E-state index in [0.717, 1.165) is 12.8 Å². The van der Waals surface area contributed by atoms with Crippen LogP contribution in [0.25, 0.3) is 0 Å². The largest absolute Gasteiger partial charge is 0.468 e. The Hall–Kier alpha value is -0.280. The zero-order valence-corrected chi connectivity index (χ0v) is 8.69. The first-order valence-corrected chi connectivity index (χ1v) is 4.00. The fraction of sp³-hybridized carbons (Fsp3) is 0.875. The summed E-state index contributed by atoms with van der Waals surface area (Å²) >= 11 is 0. The van der Waals surface area contributed by atoms with Crippen molar-refractivity contribution in [3.05, 3.63) is 0 Å². The van der Waals surface area contributed by atoms with Crippen molar-refractivity contribution in [1.82, 2.24) is 0 Å². The summed E-state index contributed by atoms with van der Waals surface area (Å²) < 4.78 is 4.53. The molecule has 12 heavy (non-hydrogen) atoms. The van der Waals surface area contributed by atoms with Gasteiger partial charge >= 0.3 is 5.97 Å². The normalized spacial score (nSPS) is 12.1. The Morgan fingerprint density at radius 2 is 1.83 bits per heavy atom. The van der Waals surface area contributed by atoms with E-state index in [4.69, 9.17) is 5.73 Å². The van der Waals surface area contributed by atoms with E-state index in [1.165, 1.54) is 7.11 Å². The quantitative estimate of drug-likeness (QED) is 0.689. The number of ether oxygens (including phenoxy) is 1. The Labute approximate surface area is 80.1 Å². The topological polar surface area (TPSA) is 52.3 Å². The van der Waals surface area contributed by atoms with Crippen LogP contribution in [0.5, 0.6) is 0 Å². The van der Waals surface area contributed by atoms with Crippen LogP contribution >= 0.6 is 12.4 Å². The Kier molecular flexibility index (Phi) is 8.76. The SMILES string of the molecule is CCC(CC)[C@H](N)C(=O)OC.Cl. The summed E-state index contributed by atoms with van der Waals surface area (Å²) in [5.74, 6) is -0.0545. The Bertz CT molecular complexity index is 126. The van der Waals surface area contributed by atoms with E-state index in [0.29, 0.717) is 0 Å². The fourth-order valence-corrected chi connectivity index (χ4v) is 1.13. The van der Waals surface area contributed by atoms with Crippen LogP contribution in [0.1, 0.15) is 26.7 Å². The number of carbonyl (C=O) groups excluding carboxylic acids is 1. The number of esters is 1. The van der Waals surface area contributed by atoms with Crippen LogP contribution < -0.4 is 5.73 Å². The van der Waals surface area contributed by atoms with Gasteiger partial charge in [-0.25, -0.2) is 0 Å². The van der Waals surface area contributed by atoms with Crippen LogP contribution in [0.4, 0.5) is 0 Å². The van der Waals surface area contributed by atoms with Gasteiger partial charge in [-0.3, -0.25) is 4.79 Å². The van der Waals surface area contributed by atoms with E-state index in [1.54, 1.807) is 0 Å². The van der Waals surface area contributed by atoms with Crippen LogP contribution in [0, 0.1) is 5.92 Å². The third-order valence-corrected chi connectivity index (χ3v) is 2.03. The minimum Gasteiger partial charge on any atom is -0.468 e. The van der Waals surface area contributed by atoms with Crippen molar-refractivity contribution in [3.63, 3.8) is 0 Å². The van der Waals surface area contributed by atoms with Gasteiger partial charge < -0.3 is 10.5 Å². The Morgan fingerprint density at radius 3 is 2.08 bits per heavy atom. The summed E-state index contributed by atoms with van der Waals surface area (Å²) in [6, 6.07) is -0.449. The van der Waals surface area contributed by atoms with E-state index in [9.17, 15) is 4.79 Å². The number of rotatable bonds is 4. The predicted molar refractivity (Wildman–Crippen MR) is 51.3 cm³/mol. The number of halogens is 1. The highest BCUT2D eigenvalue weighted by atomic mass is 35.5. The lowest BCUT2D eigenvalue weighted by Gasteiger charge is -2.17. The lowest BCUT2D eigenvalue weighted by atomic mass is 9.95. The van der Waals surface area contributed by atoms with Crippen molar-refractivity contribution in [2.75, 3.05) is 7.11 Å². The van der Waals surface area contributed by atoms with Crippen molar-refractivity contribution < 1.29 is 9.53 Å². The first-order valence-electron chi connectivity index (χ1n) is 4.00. The number of methoxy groups -OCH3 is 1. The van der Waals surface area contributed by atoms with Gasteiger partial charge in [-0.05, 0) is 5.92 Å². The average Bonchev–Trinajstić information content (AvgIpc) is 2.05. The van der Waals surface area contributed by atoms with Gasteiger partial charge in [-0.2, -0.15) is 0 Å². The molecule has 4 heteroatoms. The number of nitrogens with two attached hydrogens (primary N) is 1. The van der Waals surface area contributed by atoms with E-state index in [1.807, 2.05) is 13.8 Å². The second-order valence-electron chi connectivity index (χ2n) is 2.63. The molecule has 3 nitrogen and oxygen atoms in total. The maximum Gasteiger partial charge on any atom is 0.322 e. The average molecular weight is 196 g/mol. The lowest BCUT2D eigenvalue weighted by Crippen LogP contribution is -2.38. The summed E-state index contributed by atoms with van der Waals surface area (Å²) in [7, 11) is 1.37. The minimum atomic E-state index is -0.449. The predicted octanol–water partition coefficient (Wildman–Crippen LogP) is 1.34. The Balaban J connectivity index is 0. The van der Waals surface area contributed by atoms with Gasteiger partial charge in [0.25, 0.3) is 0 Å². The van der Waals surface area contributed by atoms with E-state index in [-0.39, 0.29) is 24.3 Å². The zero-order chi connectivity index (χ0) is 8.85. The van der Waals surface area contributed by atoms with E-state index >= 15 is 0 Å². The minimum absolute atomic E-state index is 0. The molecule has 0 aromatic rings. The molecular weight excluding hydrogens is 178 g/mol. The van der Waals surface area contributed by atoms with Gasteiger partial charge in [0.1, 0.15) is 6.04 Å². The van der Waals surface area contributed by atoms with Gasteiger partial charge in [-0.15, -0.1) is 12.4 Å². The summed E-state index contributed by atoms with van der Waals surface area (Å²) in [5.41, 5.74) is 5.62. The Morgan fingerprint density at radius 1 is 1.42 bits per heavy atom. The van der Waals surface area contributed by atoms with Crippen molar-refractivity contribution in [1.29, 1.82) is 0 Å². The maximum atomic E-state index is 10.9. The van der Waals surface area contributed by atoms with Crippen molar-refractivity contribution >= 4 is 18.4 Å². The molecule has 0 saturated carbocycles. The highest BCUT2D eigenvalue weighted by Gasteiger charge is 2.21. The number of carbonyl (C=O) groups is 1. The van der Waals surface area contributed by atoms with E-state index < -0.39 is 6.04 Å². The van der Waals surface area contributed by atoms with Crippen LogP contribution in [0.3, 0.4) is 0 Å². The molecule has 0 radical (unpaired) electrons. The van der Waals surface area contributed by atoms with Gasteiger partial charge in [0.15, 0.2) is 0 Å². The molecule has 0 rings (SSSR count). The van der Waals surface area contributed by atoms with Crippen LogP contribution in [0.2, 0.25) is 0 Å². The third kappa shape index (κ3) is 3.93. The highest BCUT2D eigenvalue weighted by Crippen LogP contribution is 2.11. The molecule has 74 valence electrons. The summed E-state index contributed by atoms with van der Waals surface area (Å²) in [6.07, 6.45) is 1.85. The smallest absolute Gasteiger partial charge is 0.322 e. The molecule has 0 heterocycles. The fourth-order valence-electron chi connectivity index (χ4n) is 1.13. The standard InChI is InChI=1S/C8H17NO2.ClH/c1-4-6(5-2)7(9)8(10)11-3;/h6-7H,4-5,9H2,1-3H3;1H/t7-;/m0./s1. The molecule has 0 aromatic heterocycles. The third-order valence-electron chi connectivity index (χ3n) is 2.03. The second kappa shape index (κ2) is 7.37. The molecule has 0 bridgehead atoms. The molecule has 0 aliphatic rings. The summed E-state index contributed by atoms with van der Waals surface area (Å²) in [4.78, 5) is 10.9. The second-order valence-corrected chi connectivity index (χ2v) is 2.63. The molecular formula is C8H18ClNO2. The first kappa shape index (κ1) is 14.3. The van der Waals surface area contributed by atoms with Crippen LogP contribution in [0.15, 0.2) is 0 Å². The molecule has 1 atom stereocenters.